The molecule has 0 aliphatic carbocycles. The van der Waals surface area contributed by atoms with Crippen molar-refractivity contribution in [1.82, 2.24) is 20.2 Å². The largest absolute Gasteiger partial charge is 0.504 e. The van der Waals surface area contributed by atoms with Gasteiger partial charge in [-0.1, -0.05) is 30.0 Å². The zero-order valence-corrected chi connectivity index (χ0v) is 21.9. The van der Waals surface area contributed by atoms with Gasteiger partial charge in [-0.25, -0.2) is 5.43 Å². The van der Waals surface area contributed by atoms with Crippen LogP contribution in [0.15, 0.2) is 77.0 Å². The molecule has 1 heterocycles. The lowest BCUT2D eigenvalue weighted by Crippen LogP contribution is -2.20. The summed E-state index contributed by atoms with van der Waals surface area (Å²) in [4.78, 5) is 12.5. The van der Waals surface area contributed by atoms with E-state index < -0.39 is 0 Å². The molecule has 4 aromatic rings. The Morgan fingerprint density at radius 3 is 2.55 bits per heavy atom. The molecule has 1 aromatic heterocycles. The molecule has 0 aliphatic heterocycles. The maximum atomic E-state index is 12.5. The Balaban J connectivity index is 1.50. The molecule has 0 spiro atoms. The van der Waals surface area contributed by atoms with E-state index in [-0.39, 0.29) is 17.4 Å². The molecule has 196 valence electrons. The lowest BCUT2D eigenvalue weighted by molar-refractivity contribution is -0.118. The van der Waals surface area contributed by atoms with Gasteiger partial charge in [0.2, 0.25) is 0 Å². The fourth-order valence-electron chi connectivity index (χ4n) is 3.56. The Morgan fingerprint density at radius 1 is 1.03 bits per heavy atom. The number of phenolic OH excluding ortho intramolecular Hbond substituents is 1. The molecule has 4 rings (SSSR count). The Hall–Kier alpha value is -4.51. The van der Waals surface area contributed by atoms with Crippen LogP contribution in [-0.4, -0.2) is 58.6 Å². The van der Waals surface area contributed by atoms with Crippen LogP contribution in [0.2, 0.25) is 0 Å². The minimum atomic E-state index is -0.315. The number of hydrazone groups is 1. The van der Waals surface area contributed by atoms with Gasteiger partial charge in [-0.3, -0.25) is 9.36 Å². The van der Waals surface area contributed by atoms with Crippen LogP contribution in [0.3, 0.4) is 0 Å². The van der Waals surface area contributed by atoms with Crippen LogP contribution in [0.25, 0.3) is 17.1 Å². The number of methoxy groups -OCH3 is 2. The summed E-state index contributed by atoms with van der Waals surface area (Å²) < 4.78 is 18.1. The summed E-state index contributed by atoms with van der Waals surface area (Å²) in [6.07, 6.45) is 1.48. The fourth-order valence-corrected chi connectivity index (χ4v) is 4.30. The monoisotopic (exact) mass is 533 g/mol. The van der Waals surface area contributed by atoms with Crippen LogP contribution in [0.1, 0.15) is 12.5 Å². The number of para-hydroxylation sites is 1. The predicted octanol–water partition coefficient (Wildman–Crippen LogP) is 4.30. The summed E-state index contributed by atoms with van der Waals surface area (Å²) in [7, 11) is 3.15. The van der Waals surface area contributed by atoms with Crippen LogP contribution in [0, 0.1) is 0 Å². The van der Waals surface area contributed by atoms with Gasteiger partial charge in [-0.05, 0) is 61.0 Å². The Bertz CT molecular complexity index is 1420. The van der Waals surface area contributed by atoms with Crippen LogP contribution >= 0.6 is 11.8 Å². The summed E-state index contributed by atoms with van der Waals surface area (Å²) >= 11 is 1.23. The Kier molecular flexibility index (Phi) is 8.83. The number of phenols is 1. The molecule has 10 nitrogen and oxygen atoms in total. The summed E-state index contributed by atoms with van der Waals surface area (Å²) in [5.41, 5.74) is 4.81. The van der Waals surface area contributed by atoms with E-state index in [0.717, 1.165) is 11.3 Å². The quantitative estimate of drug-likeness (QED) is 0.166. The van der Waals surface area contributed by atoms with Crippen molar-refractivity contribution >= 4 is 23.9 Å². The molecule has 0 bridgehead atoms. The van der Waals surface area contributed by atoms with Crippen molar-refractivity contribution in [1.29, 1.82) is 0 Å². The van der Waals surface area contributed by atoms with E-state index in [4.69, 9.17) is 14.2 Å². The Morgan fingerprint density at radius 2 is 1.82 bits per heavy atom. The van der Waals surface area contributed by atoms with E-state index in [1.165, 1.54) is 24.0 Å². The number of ether oxygens (including phenoxy) is 3. The standard InChI is InChI=1S/C27H27N5O5S/c1-4-37-23-14-18(10-12-21(23)33)16-28-29-25(34)17-38-27-31-30-26(32(27)20-8-6-5-7-9-20)19-11-13-22(35-2)24(15-19)36-3/h5-16,33H,4,17H2,1-3H3,(H,29,34). The number of amides is 1. The third kappa shape index (κ3) is 6.24. The minimum Gasteiger partial charge on any atom is -0.504 e. The maximum absolute atomic E-state index is 12.5. The SMILES string of the molecule is CCOc1cc(C=NNC(=O)CSc2nnc(-c3ccc(OC)c(OC)c3)n2-c2ccccc2)ccc1O. The lowest BCUT2D eigenvalue weighted by Gasteiger charge is -2.12. The summed E-state index contributed by atoms with van der Waals surface area (Å²) in [5, 5.41) is 23.1. The third-order valence-corrected chi connectivity index (χ3v) is 6.24. The summed E-state index contributed by atoms with van der Waals surface area (Å²) in [6, 6.07) is 20.0. The number of hydrogen-bond donors (Lipinski definition) is 2. The number of aromatic nitrogens is 3. The van der Waals surface area contributed by atoms with Gasteiger partial charge in [0.1, 0.15) is 0 Å². The number of nitrogens with one attached hydrogen (secondary N) is 1. The first-order valence-electron chi connectivity index (χ1n) is 11.7. The first-order chi connectivity index (χ1) is 18.5. The van der Waals surface area contributed by atoms with Crippen LogP contribution in [0.5, 0.6) is 23.0 Å². The topological polar surface area (TPSA) is 120 Å². The highest BCUT2D eigenvalue weighted by Gasteiger charge is 2.18. The molecular weight excluding hydrogens is 506 g/mol. The van der Waals surface area contributed by atoms with Gasteiger partial charge in [0.25, 0.3) is 5.91 Å². The maximum Gasteiger partial charge on any atom is 0.250 e. The molecule has 0 fully saturated rings. The van der Waals surface area contributed by atoms with E-state index >= 15 is 0 Å². The molecule has 11 heteroatoms. The molecule has 38 heavy (non-hydrogen) atoms. The molecule has 0 radical (unpaired) electrons. The van der Waals surface area contributed by atoms with Gasteiger partial charge in [0.15, 0.2) is 34.0 Å². The van der Waals surface area contributed by atoms with Gasteiger partial charge in [0, 0.05) is 11.3 Å². The van der Waals surface area contributed by atoms with Crippen molar-refractivity contribution in [2.75, 3.05) is 26.6 Å². The van der Waals surface area contributed by atoms with Crippen molar-refractivity contribution in [3.63, 3.8) is 0 Å². The van der Waals surface area contributed by atoms with E-state index in [1.807, 2.05) is 60.0 Å². The summed E-state index contributed by atoms with van der Waals surface area (Å²) in [5.74, 6) is 1.91. The van der Waals surface area contributed by atoms with E-state index in [1.54, 1.807) is 26.4 Å². The number of thioether (sulfide) groups is 1. The van der Waals surface area contributed by atoms with Crippen molar-refractivity contribution in [2.24, 2.45) is 5.10 Å². The second-order valence-electron chi connectivity index (χ2n) is 7.79. The molecule has 0 saturated heterocycles. The number of carbonyl (C=O) groups excluding carboxylic acids is 1. The number of carbonyl (C=O) groups is 1. The minimum absolute atomic E-state index is 0.0411. The van der Waals surface area contributed by atoms with Gasteiger partial charge in [-0.2, -0.15) is 5.10 Å². The molecule has 0 atom stereocenters. The average Bonchev–Trinajstić information content (AvgIpc) is 3.38. The third-order valence-electron chi connectivity index (χ3n) is 5.31. The Labute approximate surface area is 224 Å². The van der Waals surface area contributed by atoms with E-state index in [2.05, 4.69) is 20.7 Å². The highest BCUT2D eigenvalue weighted by Crippen LogP contribution is 2.34. The highest BCUT2D eigenvalue weighted by atomic mass is 32.2. The van der Waals surface area contributed by atoms with Gasteiger partial charge >= 0.3 is 0 Å². The molecule has 0 saturated carbocycles. The molecular formula is C27H27N5O5S. The summed E-state index contributed by atoms with van der Waals surface area (Å²) in [6.45, 7) is 2.25. The number of benzene rings is 3. The van der Waals surface area contributed by atoms with Crippen molar-refractivity contribution in [3.05, 3.63) is 72.3 Å². The van der Waals surface area contributed by atoms with Crippen molar-refractivity contribution in [3.8, 4) is 40.1 Å². The first-order valence-corrected chi connectivity index (χ1v) is 12.7. The zero-order chi connectivity index (χ0) is 26.9. The molecule has 1 amide bonds. The van der Waals surface area contributed by atoms with E-state index in [0.29, 0.717) is 40.4 Å². The van der Waals surface area contributed by atoms with Gasteiger partial charge < -0.3 is 19.3 Å². The van der Waals surface area contributed by atoms with Crippen molar-refractivity contribution in [2.45, 2.75) is 12.1 Å². The van der Waals surface area contributed by atoms with Crippen molar-refractivity contribution < 1.29 is 24.1 Å². The smallest absolute Gasteiger partial charge is 0.250 e. The first kappa shape index (κ1) is 26.6. The molecule has 0 unspecified atom stereocenters. The second-order valence-corrected chi connectivity index (χ2v) is 8.73. The number of hydrogen-bond acceptors (Lipinski definition) is 9. The zero-order valence-electron chi connectivity index (χ0n) is 21.1. The normalized spacial score (nSPS) is 10.9. The fraction of sp³-hybridized carbons (Fsp3) is 0.185. The predicted molar refractivity (Wildman–Crippen MR) is 146 cm³/mol. The van der Waals surface area contributed by atoms with Crippen LogP contribution in [0.4, 0.5) is 0 Å². The highest BCUT2D eigenvalue weighted by molar-refractivity contribution is 7.99. The van der Waals surface area contributed by atoms with Gasteiger partial charge in [-0.15, -0.1) is 10.2 Å². The lowest BCUT2D eigenvalue weighted by atomic mass is 10.2. The second kappa shape index (κ2) is 12.6. The number of rotatable bonds is 11. The number of aromatic hydroxyl groups is 1. The van der Waals surface area contributed by atoms with E-state index in [9.17, 15) is 9.90 Å². The molecule has 3 aromatic carbocycles. The number of nitrogens with zero attached hydrogens (tertiary/aromatic N) is 4. The van der Waals surface area contributed by atoms with Crippen LogP contribution < -0.4 is 19.6 Å². The molecule has 2 N–H and O–H groups in total. The van der Waals surface area contributed by atoms with Crippen LogP contribution in [-0.2, 0) is 4.79 Å². The molecule has 0 aliphatic rings. The van der Waals surface area contributed by atoms with Gasteiger partial charge in [0.05, 0.1) is 32.8 Å². The average molecular weight is 534 g/mol.